The van der Waals surface area contributed by atoms with Crippen LogP contribution in [0.5, 0.6) is 23.0 Å². The molecule has 0 aromatic heterocycles. The molecule has 256 valence electrons. The zero-order valence-corrected chi connectivity index (χ0v) is 29.6. The van der Waals surface area contributed by atoms with Crippen molar-refractivity contribution >= 4 is 31.4 Å². The van der Waals surface area contributed by atoms with Gasteiger partial charge < -0.3 is 18.9 Å². The molecule has 1 aliphatic heterocycles. The first-order chi connectivity index (χ1) is 22.5. The highest BCUT2D eigenvalue weighted by Crippen LogP contribution is 2.36. The van der Waals surface area contributed by atoms with E-state index in [4.69, 9.17) is 18.9 Å². The highest BCUT2D eigenvalue weighted by atomic mass is 32.2. The highest BCUT2D eigenvalue weighted by molar-refractivity contribution is 7.93. The largest absolute Gasteiger partial charge is 0.489 e. The summed E-state index contributed by atoms with van der Waals surface area (Å²) in [6, 6.07) is 23.5. The lowest BCUT2D eigenvalue weighted by molar-refractivity contribution is 0.210. The van der Waals surface area contributed by atoms with Crippen molar-refractivity contribution in [1.82, 2.24) is 0 Å². The third-order valence-electron chi connectivity index (χ3n) is 7.66. The minimum Gasteiger partial charge on any atom is -0.489 e. The molecule has 10 nitrogen and oxygen atoms in total. The molecule has 5 rings (SSSR count). The number of benzene rings is 4. The Kier molecular flexibility index (Phi) is 9.89. The molecule has 0 bridgehead atoms. The molecule has 1 aliphatic rings. The van der Waals surface area contributed by atoms with Crippen LogP contribution in [-0.2, 0) is 30.9 Å². The van der Waals surface area contributed by atoms with E-state index in [1.165, 1.54) is 0 Å². The first-order valence-electron chi connectivity index (χ1n) is 15.6. The van der Waals surface area contributed by atoms with Gasteiger partial charge in [-0.3, -0.25) is 9.44 Å². The van der Waals surface area contributed by atoms with Gasteiger partial charge in [-0.05, 0) is 70.5 Å². The second-order valence-electron chi connectivity index (χ2n) is 13.4. The molecular formula is C36H42N2O8S2. The Hall–Kier alpha value is -4.42. The maximum Gasteiger partial charge on any atom is 0.265 e. The van der Waals surface area contributed by atoms with Crippen molar-refractivity contribution < 1.29 is 35.8 Å². The molecule has 0 fully saturated rings. The Morgan fingerprint density at radius 2 is 0.812 bits per heavy atom. The van der Waals surface area contributed by atoms with E-state index in [-0.39, 0.29) is 69.9 Å². The van der Waals surface area contributed by atoms with Crippen molar-refractivity contribution in [2.24, 2.45) is 0 Å². The second kappa shape index (κ2) is 13.6. The van der Waals surface area contributed by atoms with E-state index in [1.807, 2.05) is 53.7 Å². The third-order valence-corrected chi connectivity index (χ3v) is 10.4. The smallest absolute Gasteiger partial charge is 0.265 e. The highest BCUT2D eigenvalue weighted by Gasteiger charge is 2.27. The van der Waals surface area contributed by atoms with Crippen LogP contribution in [-0.4, -0.2) is 43.3 Å². The van der Waals surface area contributed by atoms with E-state index in [0.29, 0.717) is 11.5 Å². The zero-order chi connectivity index (χ0) is 34.7. The normalized spacial score (nSPS) is 16.6. The van der Waals surface area contributed by atoms with Crippen LogP contribution in [0.15, 0.2) is 94.7 Å². The van der Waals surface area contributed by atoms with Gasteiger partial charge in [0.15, 0.2) is 0 Å². The summed E-state index contributed by atoms with van der Waals surface area (Å²) in [7, 11) is -8.33. The lowest BCUT2D eigenvalue weighted by Crippen LogP contribution is -2.21. The van der Waals surface area contributed by atoms with Crippen LogP contribution < -0.4 is 28.4 Å². The average molecular weight is 695 g/mol. The molecule has 0 saturated carbocycles. The van der Waals surface area contributed by atoms with Crippen molar-refractivity contribution in [3.05, 3.63) is 96.1 Å². The molecule has 4 aromatic carbocycles. The van der Waals surface area contributed by atoms with Crippen LogP contribution in [0, 0.1) is 0 Å². The minimum atomic E-state index is -4.16. The van der Waals surface area contributed by atoms with Gasteiger partial charge in [0.1, 0.15) is 59.2 Å². The van der Waals surface area contributed by atoms with Crippen LogP contribution in [0.3, 0.4) is 0 Å². The molecule has 0 saturated heterocycles. The molecule has 0 atom stereocenters. The molecule has 0 unspecified atom stereocenters. The van der Waals surface area contributed by atoms with Crippen LogP contribution in [0.25, 0.3) is 0 Å². The van der Waals surface area contributed by atoms with Crippen molar-refractivity contribution in [3.63, 3.8) is 0 Å². The number of anilines is 2. The summed E-state index contributed by atoms with van der Waals surface area (Å²) in [4.78, 5) is -0.109. The molecule has 1 heterocycles. The van der Waals surface area contributed by atoms with Crippen molar-refractivity contribution in [1.29, 1.82) is 0 Å². The van der Waals surface area contributed by atoms with Crippen LogP contribution in [0.2, 0.25) is 0 Å². The van der Waals surface area contributed by atoms with Crippen LogP contribution in [0.4, 0.5) is 11.4 Å². The monoisotopic (exact) mass is 694 g/mol. The van der Waals surface area contributed by atoms with Crippen molar-refractivity contribution in [2.75, 3.05) is 35.9 Å². The summed E-state index contributed by atoms with van der Waals surface area (Å²) in [6.07, 6.45) is 0. The van der Waals surface area contributed by atoms with E-state index in [2.05, 4.69) is 9.44 Å². The van der Waals surface area contributed by atoms with E-state index >= 15 is 0 Å². The van der Waals surface area contributed by atoms with E-state index in [1.54, 1.807) is 72.8 Å². The molecular weight excluding hydrogens is 653 g/mol. The maximum absolute atomic E-state index is 13.9. The average Bonchev–Trinajstić information content (AvgIpc) is 3.01. The van der Waals surface area contributed by atoms with E-state index in [9.17, 15) is 16.8 Å². The second-order valence-corrected chi connectivity index (χ2v) is 16.7. The van der Waals surface area contributed by atoms with Crippen LogP contribution in [0.1, 0.15) is 52.7 Å². The fraction of sp³-hybridized carbons (Fsp3) is 0.333. The fourth-order valence-corrected chi connectivity index (χ4v) is 7.45. The molecule has 0 spiro atoms. The molecule has 0 radical (unpaired) electrons. The predicted octanol–water partition coefficient (Wildman–Crippen LogP) is 7.11. The Bertz CT molecular complexity index is 1850. The van der Waals surface area contributed by atoms with Crippen molar-refractivity contribution in [3.8, 4) is 23.0 Å². The molecule has 12 heteroatoms. The number of rotatable bonds is 0. The summed E-state index contributed by atoms with van der Waals surface area (Å²) in [5.74, 6) is 0.827. The first kappa shape index (κ1) is 34.9. The summed E-state index contributed by atoms with van der Waals surface area (Å²) < 4.78 is 84.9. The maximum atomic E-state index is 13.9. The Morgan fingerprint density at radius 1 is 0.479 bits per heavy atom. The van der Waals surface area contributed by atoms with Crippen molar-refractivity contribution in [2.45, 2.75) is 62.2 Å². The lowest BCUT2D eigenvalue weighted by Gasteiger charge is -2.23. The van der Waals surface area contributed by atoms with Gasteiger partial charge >= 0.3 is 0 Å². The summed E-state index contributed by atoms with van der Waals surface area (Å²) in [5, 5.41) is 0. The minimum absolute atomic E-state index is 0.0410. The quantitative estimate of drug-likeness (QED) is 0.199. The standard InChI is InChI=1S/C36H42N2O8S2/c1-35(2,3)25-15-17-31-33(23-25)47(39,40)37-27-11-7-9-13-29(27)43-19-20-44-30-14-10-8-12-28(30)38-48(41,42)34-24-26(36(4,5)6)16-18-32(34)46-22-21-45-31/h7-18,23-24,37-38H,19-22H2,1-6H3. The Balaban J connectivity index is 1.57. The third kappa shape index (κ3) is 8.16. The number of hydrogen-bond donors (Lipinski definition) is 2. The molecule has 0 amide bonds. The van der Waals surface area contributed by atoms with Gasteiger partial charge in [-0.1, -0.05) is 77.9 Å². The molecule has 4 aromatic rings. The molecule has 2 N–H and O–H groups in total. The number of nitrogens with one attached hydrogen (secondary N) is 2. The summed E-state index contributed by atoms with van der Waals surface area (Å²) >= 11 is 0. The number of ether oxygens (including phenoxy) is 4. The van der Waals surface area contributed by atoms with Gasteiger partial charge in [0.2, 0.25) is 0 Å². The SMILES string of the molecule is CC(C)(C)c1ccc2c(c1)S(=O)(=O)Nc1ccccc1OCCOc1ccccc1NS(=O)(=O)c1cc(C(C)(C)C)ccc1OCCO2. The van der Waals surface area contributed by atoms with E-state index in [0.717, 1.165) is 11.1 Å². The number of sulfonamides is 2. The van der Waals surface area contributed by atoms with Crippen LogP contribution >= 0.6 is 0 Å². The van der Waals surface area contributed by atoms with Gasteiger partial charge in [-0.2, -0.15) is 0 Å². The number of fused-ring (bicyclic) bond motifs is 4. The zero-order valence-electron chi connectivity index (χ0n) is 28.0. The van der Waals surface area contributed by atoms with E-state index < -0.39 is 20.0 Å². The Labute approximate surface area is 283 Å². The Morgan fingerprint density at radius 3 is 1.17 bits per heavy atom. The van der Waals surface area contributed by atoms with Gasteiger partial charge in [0, 0.05) is 0 Å². The number of hydrogen-bond acceptors (Lipinski definition) is 8. The number of para-hydroxylation sites is 4. The van der Waals surface area contributed by atoms with Gasteiger partial charge in [0.05, 0.1) is 11.4 Å². The summed E-state index contributed by atoms with van der Waals surface area (Å²) in [6.45, 7) is 11.9. The van der Waals surface area contributed by atoms with Gasteiger partial charge in [-0.15, -0.1) is 0 Å². The molecule has 48 heavy (non-hydrogen) atoms. The van der Waals surface area contributed by atoms with Gasteiger partial charge in [-0.25, -0.2) is 16.8 Å². The first-order valence-corrected chi connectivity index (χ1v) is 18.6. The van der Waals surface area contributed by atoms with Gasteiger partial charge in [0.25, 0.3) is 20.0 Å². The molecule has 0 aliphatic carbocycles. The lowest BCUT2D eigenvalue weighted by atomic mass is 9.87. The topological polar surface area (TPSA) is 129 Å². The predicted molar refractivity (Wildman–Crippen MR) is 187 cm³/mol. The summed E-state index contributed by atoms with van der Waals surface area (Å²) in [5.41, 5.74) is 1.38. The fourth-order valence-electron chi connectivity index (χ4n) is 4.97.